The minimum Gasteiger partial charge on any atom is -0.497 e. The van der Waals surface area contributed by atoms with Crippen LogP contribution in [0.2, 0.25) is 0 Å². The Balaban J connectivity index is 1.29. The number of methoxy groups -OCH3 is 2. The Bertz CT molecular complexity index is 2600. The standard InChI is InChI=1S/C51H64F3N3O11S/c1-29(2)66-34-16-14-32(15-17-34)43-44(65-9)39-23-35(64-8)18-19-37(39)45(55-43)67-36-24-40-41(58)27-50(47(61)56-69(62,63)49(7)20-21-49)26-33(50)13-11-10-12-30(3)22-31(4)38(46(60)57(40)28-36)25-42(59)68-48(5,6)51(52,53)54/h11,13-19,23,29-31,33,36,38,40H,10,12,20-22,24-28H2,1-9H3,(H,56,61)/b13-11-/t30-,31+,33+,36+,38-,40-,50+/m0/s1. The minimum absolute atomic E-state index is 0.0160. The lowest BCUT2D eigenvalue weighted by Crippen LogP contribution is -2.48. The van der Waals surface area contributed by atoms with Crippen molar-refractivity contribution in [3.8, 4) is 34.4 Å². The number of sulfonamides is 1. The summed E-state index contributed by atoms with van der Waals surface area (Å²) in [5, 5.41) is 1.10. The number of benzene rings is 2. The molecule has 3 aromatic rings. The molecule has 2 aliphatic heterocycles. The van der Waals surface area contributed by atoms with Crippen LogP contribution in [0.25, 0.3) is 22.0 Å². The van der Waals surface area contributed by atoms with Gasteiger partial charge in [0.15, 0.2) is 11.5 Å². The van der Waals surface area contributed by atoms with E-state index in [1.807, 2.05) is 45.1 Å². The fourth-order valence-electron chi connectivity index (χ4n) is 9.63. The number of allylic oxidation sites excluding steroid dienone is 2. The van der Waals surface area contributed by atoms with E-state index < -0.39 is 98.3 Å². The van der Waals surface area contributed by atoms with Crippen LogP contribution in [0.3, 0.4) is 0 Å². The molecule has 0 spiro atoms. The molecular weight excluding hydrogens is 920 g/mol. The molecule has 14 nitrogen and oxygen atoms in total. The number of rotatable bonds is 13. The summed E-state index contributed by atoms with van der Waals surface area (Å²) in [6.45, 7) is 10.4. The van der Waals surface area contributed by atoms with Gasteiger partial charge in [-0.1, -0.05) is 26.0 Å². The van der Waals surface area contributed by atoms with Crippen molar-refractivity contribution < 1.29 is 64.5 Å². The minimum atomic E-state index is -4.89. The zero-order chi connectivity index (χ0) is 50.4. The smallest absolute Gasteiger partial charge is 0.427 e. The van der Waals surface area contributed by atoms with Crippen molar-refractivity contribution >= 4 is 44.4 Å². The van der Waals surface area contributed by atoms with Gasteiger partial charge in [-0.25, -0.2) is 13.4 Å². The lowest BCUT2D eigenvalue weighted by atomic mass is 9.82. The Labute approximate surface area is 402 Å². The normalized spacial score (nSPS) is 26.8. The molecule has 3 fully saturated rings. The van der Waals surface area contributed by atoms with E-state index in [9.17, 15) is 36.0 Å². The van der Waals surface area contributed by atoms with Gasteiger partial charge in [-0.05, 0) is 133 Å². The van der Waals surface area contributed by atoms with Crippen molar-refractivity contribution in [2.75, 3.05) is 20.8 Å². The molecule has 2 aliphatic carbocycles. The van der Waals surface area contributed by atoms with E-state index in [2.05, 4.69) is 4.72 Å². The molecule has 4 aliphatic rings. The average molecular weight is 984 g/mol. The van der Waals surface area contributed by atoms with Crippen LogP contribution in [0, 0.1) is 29.1 Å². The molecule has 0 unspecified atom stereocenters. The Hall–Kier alpha value is -5.39. The van der Waals surface area contributed by atoms with E-state index in [-0.39, 0.29) is 37.3 Å². The van der Waals surface area contributed by atoms with Crippen LogP contribution in [0.15, 0.2) is 54.6 Å². The Kier molecular flexibility index (Phi) is 14.5. The summed E-state index contributed by atoms with van der Waals surface area (Å²) >= 11 is 0. The van der Waals surface area contributed by atoms with Crippen molar-refractivity contribution in [1.82, 2.24) is 14.6 Å². The van der Waals surface area contributed by atoms with Crippen LogP contribution in [0.5, 0.6) is 23.1 Å². The number of amides is 2. The Morgan fingerprint density at radius 1 is 0.971 bits per heavy atom. The second kappa shape index (κ2) is 19.4. The number of ketones is 1. The topological polar surface area (TPSA) is 177 Å². The summed E-state index contributed by atoms with van der Waals surface area (Å²) in [5.74, 6) is -3.75. The highest BCUT2D eigenvalue weighted by atomic mass is 32.2. The number of carbonyl (C=O) groups is 4. The van der Waals surface area contributed by atoms with Crippen molar-refractivity contribution in [2.24, 2.45) is 29.1 Å². The number of ether oxygens (including phenoxy) is 5. The maximum absolute atomic E-state index is 15.2. The lowest BCUT2D eigenvalue weighted by Gasteiger charge is -2.33. The predicted molar refractivity (Wildman–Crippen MR) is 251 cm³/mol. The van der Waals surface area contributed by atoms with Gasteiger partial charge < -0.3 is 28.6 Å². The van der Waals surface area contributed by atoms with Gasteiger partial charge in [0.2, 0.25) is 33.3 Å². The third kappa shape index (κ3) is 10.8. The number of nitrogens with one attached hydrogen (secondary N) is 1. The van der Waals surface area contributed by atoms with Crippen LogP contribution in [0.4, 0.5) is 13.2 Å². The molecule has 2 aromatic carbocycles. The number of nitrogens with zero attached hydrogens (tertiary/aromatic N) is 2. The number of pyridine rings is 1. The zero-order valence-electron chi connectivity index (χ0n) is 40.7. The van der Waals surface area contributed by atoms with Gasteiger partial charge in [0.1, 0.15) is 23.3 Å². The van der Waals surface area contributed by atoms with E-state index in [1.165, 1.54) is 19.1 Å². The first kappa shape index (κ1) is 51.5. The van der Waals surface area contributed by atoms with E-state index in [4.69, 9.17) is 28.7 Å². The molecule has 1 saturated heterocycles. The molecule has 1 aromatic heterocycles. The van der Waals surface area contributed by atoms with Gasteiger partial charge in [0.25, 0.3) is 0 Å². The molecule has 0 bridgehead atoms. The van der Waals surface area contributed by atoms with Crippen LogP contribution in [0.1, 0.15) is 106 Å². The highest BCUT2D eigenvalue weighted by molar-refractivity contribution is 7.91. The van der Waals surface area contributed by atoms with Crippen molar-refractivity contribution in [1.29, 1.82) is 0 Å². The molecule has 1 N–H and O–H groups in total. The quantitative estimate of drug-likeness (QED) is 0.127. The fraction of sp³-hybridized carbons (Fsp3) is 0.588. The SMILES string of the molecule is COc1ccc2c(O[C@@H]3C[C@H]4C(=O)C[C@]5(C(=O)NS(=O)(=O)C6(C)CC6)C[C@H]5/C=C\CC[C@H](C)C[C@@H](C)[C@H](CC(=O)OC(C)(C)C(F)(F)F)C(=O)N4C3)nc(-c3ccc(OC(C)C)cc3)c(OC)c2c1. The number of esters is 1. The monoisotopic (exact) mass is 983 g/mol. The van der Waals surface area contributed by atoms with Crippen molar-refractivity contribution in [3.05, 3.63) is 54.6 Å². The Morgan fingerprint density at radius 2 is 1.65 bits per heavy atom. The van der Waals surface area contributed by atoms with Crippen molar-refractivity contribution in [2.45, 2.75) is 141 Å². The third-order valence-corrected chi connectivity index (χ3v) is 16.5. The molecule has 7 rings (SSSR count). The molecule has 3 heterocycles. The maximum atomic E-state index is 15.2. The summed E-state index contributed by atoms with van der Waals surface area (Å²) in [4.78, 5) is 64.2. The van der Waals surface area contributed by atoms with Gasteiger partial charge in [0.05, 0.1) is 55.4 Å². The molecule has 2 amide bonds. The first-order valence-corrected chi connectivity index (χ1v) is 25.1. The summed E-state index contributed by atoms with van der Waals surface area (Å²) in [6.07, 6.45) is -0.712. The first-order chi connectivity index (χ1) is 32.3. The summed E-state index contributed by atoms with van der Waals surface area (Å²) in [7, 11) is -1.03. The van der Waals surface area contributed by atoms with E-state index in [1.54, 1.807) is 44.2 Å². The summed E-state index contributed by atoms with van der Waals surface area (Å²) in [6, 6.07) is 11.3. The summed E-state index contributed by atoms with van der Waals surface area (Å²) < 4.78 is 99.0. The number of Topliss-reactive ketones (excluding diaryl/α,β-unsaturated/α-hetero) is 1. The fourth-order valence-corrected chi connectivity index (χ4v) is 11.0. The number of fused-ring (bicyclic) bond motifs is 3. The second-order valence-electron chi connectivity index (χ2n) is 20.5. The maximum Gasteiger partial charge on any atom is 0.427 e. The van der Waals surface area contributed by atoms with Crippen LogP contribution < -0.4 is 23.7 Å². The largest absolute Gasteiger partial charge is 0.497 e. The van der Waals surface area contributed by atoms with E-state index in [0.29, 0.717) is 71.4 Å². The van der Waals surface area contributed by atoms with Gasteiger partial charge in [-0.3, -0.25) is 23.9 Å². The first-order valence-electron chi connectivity index (χ1n) is 23.7. The number of hydrogen-bond acceptors (Lipinski definition) is 12. The van der Waals surface area contributed by atoms with Crippen molar-refractivity contribution in [3.63, 3.8) is 0 Å². The average Bonchev–Trinajstić information content (AvgIpc) is 4.16. The molecule has 376 valence electrons. The molecule has 0 radical (unpaired) electrons. The molecule has 2 saturated carbocycles. The molecule has 7 atom stereocenters. The number of alkyl halides is 3. The van der Waals surface area contributed by atoms with Crippen LogP contribution in [-0.4, -0.2) is 97.4 Å². The second-order valence-corrected chi connectivity index (χ2v) is 22.7. The number of carbonyl (C=O) groups excluding carboxylic acids is 4. The highest BCUT2D eigenvalue weighted by Gasteiger charge is 2.63. The van der Waals surface area contributed by atoms with E-state index >= 15 is 4.79 Å². The lowest BCUT2D eigenvalue weighted by molar-refractivity contribution is -0.257. The Morgan fingerprint density at radius 3 is 2.28 bits per heavy atom. The predicted octanol–water partition coefficient (Wildman–Crippen LogP) is 8.92. The molecular formula is C51H64F3N3O11S. The molecule has 69 heavy (non-hydrogen) atoms. The number of aromatic nitrogens is 1. The number of hydrogen-bond donors (Lipinski definition) is 1. The summed E-state index contributed by atoms with van der Waals surface area (Å²) in [5.41, 5.74) is -3.21. The van der Waals surface area contributed by atoms with Gasteiger partial charge in [-0.15, -0.1) is 0 Å². The van der Waals surface area contributed by atoms with E-state index in [0.717, 1.165) is 13.8 Å². The van der Waals surface area contributed by atoms with Gasteiger partial charge >= 0.3 is 12.1 Å². The molecule has 18 heteroatoms. The zero-order valence-corrected chi connectivity index (χ0v) is 41.6. The van der Waals surface area contributed by atoms with Gasteiger partial charge in [-0.2, -0.15) is 13.2 Å². The van der Waals surface area contributed by atoms with Gasteiger partial charge in [0, 0.05) is 29.2 Å². The van der Waals surface area contributed by atoms with Crippen LogP contribution >= 0.6 is 0 Å². The highest BCUT2D eigenvalue weighted by Crippen LogP contribution is 2.58. The third-order valence-electron chi connectivity index (χ3n) is 14.3. The number of halogens is 3. The van der Waals surface area contributed by atoms with Crippen LogP contribution in [-0.2, 0) is 33.9 Å².